The van der Waals surface area contributed by atoms with Gasteiger partial charge in [-0.1, -0.05) is 31.5 Å². The van der Waals surface area contributed by atoms with Crippen molar-refractivity contribution in [2.75, 3.05) is 0 Å². The lowest BCUT2D eigenvalue weighted by Crippen LogP contribution is -2.24. The number of rotatable bonds is 4. The van der Waals surface area contributed by atoms with Crippen molar-refractivity contribution >= 4 is 11.6 Å². The molecule has 0 saturated heterocycles. The van der Waals surface area contributed by atoms with E-state index in [9.17, 15) is 0 Å². The number of nitrogens with zero attached hydrogens (tertiary/aromatic N) is 4. The van der Waals surface area contributed by atoms with Crippen LogP contribution in [0.4, 0.5) is 0 Å². The van der Waals surface area contributed by atoms with E-state index in [1.54, 1.807) is 4.68 Å². The van der Waals surface area contributed by atoms with Crippen LogP contribution in [-0.4, -0.2) is 26.2 Å². The molecule has 0 aliphatic rings. The summed E-state index contributed by atoms with van der Waals surface area (Å²) >= 11 is 6.11. The molecule has 6 heteroatoms. The quantitative estimate of drug-likeness (QED) is 0.920. The number of hydrogen-bond acceptors (Lipinski definition) is 4. The first kappa shape index (κ1) is 13.0. The fourth-order valence-corrected chi connectivity index (χ4v) is 1.79. The number of tetrazole rings is 1. The maximum atomic E-state index is 6.11. The number of aromatic nitrogens is 4. The second kappa shape index (κ2) is 5.46. The highest BCUT2D eigenvalue weighted by atomic mass is 35.5. The molecule has 1 aromatic heterocycles. The third-order valence-electron chi connectivity index (χ3n) is 2.67. The van der Waals surface area contributed by atoms with Crippen LogP contribution in [0, 0.1) is 6.92 Å². The van der Waals surface area contributed by atoms with E-state index in [2.05, 4.69) is 34.7 Å². The maximum Gasteiger partial charge on any atom is 0.170 e. The van der Waals surface area contributed by atoms with Gasteiger partial charge < -0.3 is 5.32 Å². The van der Waals surface area contributed by atoms with E-state index in [4.69, 9.17) is 11.6 Å². The third-order valence-corrected chi connectivity index (χ3v) is 3.08. The van der Waals surface area contributed by atoms with Gasteiger partial charge in [-0.05, 0) is 35.0 Å². The van der Waals surface area contributed by atoms with Gasteiger partial charge in [0.2, 0.25) is 0 Å². The minimum Gasteiger partial charge on any atom is -0.308 e. The summed E-state index contributed by atoms with van der Waals surface area (Å²) in [4.78, 5) is 0. The van der Waals surface area contributed by atoms with E-state index in [1.807, 2.05) is 25.1 Å². The summed E-state index contributed by atoms with van der Waals surface area (Å²) in [7, 11) is 0. The van der Waals surface area contributed by atoms with Crippen LogP contribution >= 0.6 is 11.6 Å². The van der Waals surface area contributed by atoms with Crippen molar-refractivity contribution < 1.29 is 0 Å². The van der Waals surface area contributed by atoms with E-state index in [-0.39, 0.29) is 0 Å². The van der Waals surface area contributed by atoms with Gasteiger partial charge in [-0.15, -0.1) is 5.10 Å². The van der Waals surface area contributed by atoms with Gasteiger partial charge >= 0.3 is 0 Å². The van der Waals surface area contributed by atoms with Crippen LogP contribution in [0.25, 0.3) is 5.69 Å². The minimum absolute atomic E-state index is 0.385. The number of nitrogens with one attached hydrogen (secondary N) is 1. The Balaban J connectivity index is 2.33. The second-order valence-corrected chi connectivity index (χ2v) is 4.83. The van der Waals surface area contributed by atoms with Crippen LogP contribution < -0.4 is 5.32 Å². The fourth-order valence-electron chi connectivity index (χ4n) is 1.62. The van der Waals surface area contributed by atoms with E-state index in [0.717, 1.165) is 17.1 Å². The van der Waals surface area contributed by atoms with Crippen molar-refractivity contribution in [1.82, 2.24) is 25.5 Å². The van der Waals surface area contributed by atoms with Crippen LogP contribution in [0.1, 0.15) is 25.2 Å². The highest BCUT2D eigenvalue weighted by molar-refractivity contribution is 6.31. The van der Waals surface area contributed by atoms with Crippen molar-refractivity contribution in [3.63, 3.8) is 0 Å². The highest BCUT2D eigenvalue weighted by Gasteiger charge is 2.11. The van der Waals surface area contributed by atoms with E-state index in [1.165, 1.54) is 0 Å². The lowest BCUT2D eigenvalue weighted by atomic mass is 10.2. The summed E-state index contributed by atoms with van der Waals surface area (Å²) in [6.07, 6.45) is 0. The predicted molar refractivity (Wildman–Crippen MR) is 70.9 cm³/mol. The molecule has 0 aliphatic carbocycles. The van der Waals surface area contributed by atoms with Crippen molar-refractivity contribution in [3.8, 4) is 5.69 Å². The molecule has 0 saturated carbocycles. The molecule has 0 atom stereocenters. The topological polar surface area (TPSA) is 55.6 Å². The summed E-state index contributed by atoms with van der Waals surface area (Å²) in [5.74, 6) is 0.772. The minimum atomic E-state index is 0.385. The average molecular weight is 266 g/mol. The van der Waals surface area contributed by atoms with Crippen LogP contribution in [0.3, 0.4) is 0 Å². The largest absolute Gasteiger partial charge is 0.308 e. The smallest absolute Gasteiger partial charge is 0.170 e. The van der Waals surface area contributed by atoms with Crippen molar-refractivity contribution in [1.29, 1.82) is 0 Å². The zero-order chi connectivity index (χ0) is 13.1. The normalized spacial score (nSPS) is 11.2. The molecule has 0 fully saturated rings. The molecule has 96 valence electrons. The Kier molecular flexibility index (Phi) is 3.93. The summed E-state index contributed by atoms with van der Waals surface area (Å²) in [5, 5.41) is 15.8. The van der Waals surface area contributed by atoms with Gasteiger partial charge in [0.25, 0.3) is 0 Å². The zero-order valence-corrected chi connectivity index (χ0v) is 11.4. The van der Waals surface area contributed by atoms with Gasteiger partial charge in [-0.25, -0.2) is 0 Å². The molecule has 0 spiro atoms. The van der Waals surface area contributed by atoms with E-state index >= 15 is 0 Å². The first-order valence-corrected chi connectivity index (χ1v) is 6.23. The zero-order valence-electron chi connectivity index (χ0n) is 10.7. The van der Waals surface area contributed by atoms with Crippen LogP contribution in [-0.2, 0) is 6.54 Å². The Morgan fingerprint density at radius 3 is 2.89 bits per heavy atom. The lowest BCUT2D eigenvalue weighted by Gasteiger charge is -2.10. The Morgan fingerprint density at radius 2 is 2.17 bits per heavy atom. The first-order chi connectivity index (χ1) is 8.59. The molecular formula is C12H16ClN5. The molecule has 0 bridgehead atoms. The molecule has 2 aromatic rings. The molecule has 0 radical (unpaired) electrons. The molecule has 2 rings (SSSR count). The molecule has 1 aromatic carbocycles. The van der Waals surface area contributed by atoms with Crippen molar-refractivity contribution in [2.24, 2.45) is 0 Å². The molecule has 0 aliphatic heterocycles. The summed E-state index contributed by atoms with van der Waals surface area (Å²) in [6.45, 7) is 6.74. The third kappa shape index (κ3) is 2.68. The van der Waals surface area contributed by atoms with Crippen molar-refractivity contribution in [2.45, 2.75) is 33.4 Å². The standard InChI is InChI=1S/C12H16ClN5/c1-8(2)14-7-12-15-16-17-18(12)11-6-4-5-10(13)9(11)3/h4-6,8,14H,7H2,1-3H3. The summed E-state index contributed by atoms with van der Waals surface area (Å²) < 4.78 is 1.72. The SMILES string of the molecule is Cc1c(Cl)cccc1-n1nnnc1CNC(C)C. The van der Waals surface area contributed by atoms with Crippen molar-refractivity contribution in [3.05, 3.63) is 34.6 Å². The monoisotopic (exact) mass is 265 g/mol. The molecule has 1 heterocycles. The Morgan fingerprint density at radius 1 is 1.39 bits per heavy atom. The highest BCUT2D eigenvalue weighted by Crippen LogP contribution is 2.21. The van der Waals surface area contributed by atoms with Gasteiger partial charge in [0.15, 0.2) is 5.82 Å². The Hall–Kier alpha value is -1.46. The molecule has 0 unspecified atom stereocenters. The van der Waals surface area contributed by atoms with Crippen LogP contribution in [0.2, 0.25) is 5.02 Å². The number of benzene rings is 1. The van der Waals surface area contributed by atoms with E-state index < -0.39 is 0 Å². The first-order valence-electron chi connectivity index (χ1n) is 5.85. The Bertz CT molecular complexity index is 535. The lowest BCUT2D eigenvalue weighted by molar-refractivity contribution is 0.563. The van der Waals surface area contributed by atoms with Crippen LogP contribution in [0.5, 0.6) is 0 Å². The average Bonchev–Trinajstić information content (AvgIpc) is 2.78. The van der Waals surface area contributed by atoms with Gasteiger partial charge in [-0.3, -0.25) is 0 Å². The molecule has 1 N–H and O–H groups in total. The summed E-state index contributed by atoms with van der Waals surface area (Å²) in [5.41, 5.74) is 1.88. The predicted octanol–water partition coefficient (Wildman–Crippen LogP) is 2.12. The van der Waals surface area contributed by atoms with Gasteiger partial charge in [0.05, 0.1) is 12.2 Å². The molecule has 18 heavy (non-hydrogen) atoms. The molecular weight excluding hydrogens is 250 g/mol. The number of hydrogen-bond donors (Lipinski definition) is 1. The maximum absolute atomic E-state index is 6.11. The van der Waals surface area contributed by atoms with Gasteiger partial charge in [0, 0.05) is 11.1 Å². The second-order valence-electron chi connectivity index (χ2n) is 4.43. The molecule has 0 amide bonds. The Labute approximate surface area is 111 Å². The van der Waals surface area contributed by atoms with Crippen LogP contribution in [0.15, 0.2) is 18.2 Å². The number of halogens is 1. The van der Waals surface area contributed by atoms with Gasteiger partial charge in [0.1, 0.15) is 0 Å². The van der Waals surface area contributed by atoms with E-state index in [0.29, 0.717) is 17.6 Å². The molecule has 5 nitrogen and oxygen atoms in total. The van der Waals surface area contributed by atoms with Gasteiger partial charge in [-0.2, -0.15) is 4.68 Å². The summed E-state index contributed by atoms with van der Waals surface area (Å²) in [6, 6.07) is 6.09. The fraction of sp³-hybridized carbons (Fsp3) is 0.417.